The number of para-hydroxylation sites is 1. The van der Waals surface area contributed by atoms with Crippen LogP contribution in [0.15, 0.2) is 24.3 Å². The molecule has 19 heavy (non-hydrogen) atoms. The lowest BCUT2D eigenvalue weighted by Crippen LogP contribution is -2.55. The molecule has 2 nitrogen and oxygen atoms in total. The van der Waals surface area contributed by atoms with Gasteiger partial charge in [0.05, 0.1) is 0 Å². The summed E-state index contributed by atoms with van der Waals surface area (Å²) in [6.45, 7) is 4.04. The van der Waals surface area contributed by atoms with Crippen LogP contribution < -0.4 is 4.90 Å². The Labute approximate surface area is 115 Å². The summed E-state index contributed by atoms with van der Waals surface area (Å²) in [6.07, 6.45) is 7.32. The van der Waals surface area contributed by atoms with Gasteiger partial charge in [0.1, 0.15) is 0 Å². The van der Waals surface area contributed by atoms with Gasteiger partial charge in [-0.05, 0) is 36.8 Å². The van der Waals surface area contributed by atoms with E-state index in [-0.39, 0.29) is 11.4 Å². The van der Waals surface area contributed by atoms with Gasteiger partial charge in [-0.1, -0.05) is 44.4 Å². The van der Waals surface area contributed by atoms with E-state index in [1.165, 1.54) is 37.7 Å². The molecule has 1 amide bonds. The minimum Gasteiger partial charge on any atom is -0.306 e. The maximum atomic E-state index is 12.3. The molecule has 0 aromatic heterocycles. The average Bonchev–Trinajstić information content (AvgIpc) is 2.39. The van der Waals surface area contributed by atoms with Crippen molar-refractivity contribution in [3.8, 4) is 0 Å². The number of anilines is 1. The molecule has 0 radical (unpaired) electrons. The van der Waals surface area contributed by atoms with E-state index >= 15 is 0 Å². The summed E-state index contributed by atoms with van der Waals surface area (Å²) in [7, 11) is 0. The van der Waals surface area contributed by atoms with E-state index in [2.05, 4.69) is 36.1 Å². The van der Waals surface area contributed by atoms with Gasteiger partial charge in [-0.3, -0.25) is 4.79 Å². The number of carbonyl (C=O) groups excluding carboxylic acids is 1. The third-order valence-electron chi connectivity index (χ3n) is 4.97. The van der Waals surface area contributed by atoms with E-state index in [4.69, 9.17) is 0 Å². The zero-order valence-electron chi connectivity index (χ0n) is 12.0. The number of hydrogen-bond donors (Lipinski definition) is 0. The summed E-state index contributed by atoms with van der Waals surface area (Å²) in [6, 6.07) is 8.46. The average molecular weight is 257 g/mol. The number of fused-ring (bicyclic) bond motifs is 1. The summed E-state index contributed by atoms with van der Waals surface area (Å²) >= 11 is 0. The van der Waals surface area contributed by atoms with Crippen LogP contribution in [0.2, 0.25) is 0 Å². The summed E-state index contributed by atoms with van der Waals surface area (Å²) in [5, 5.41) is 0. The lowest BCUT2D eigenvalue weighted by molar-refractivity contribution is -0.118. The highest BCUT2D eigenvalue weighted by Gasteiger charge is 2.45. The number of rotatable bonds is 0. The Kier molecular flexibility index (Phi) is 3.12. The van der Waals surface area contributed by atoms with Crippen molar-refractivity contribution in [2.75, 3.05) is 4.90 Å². The Bertz CT molecular complexity index is 488. The van der Waals surface area contributed by atoms with Crippen LogP contribution in [0, 0.1) is 0 Å². The third-order valence-corrected chi connectivity index (χ3v) is 4.97. The van der Waals surface area contributed by atoms with Crippen LogP contribution in [0.1, 0.15) is 63.9 Å². The molecule has 1 aromatic rings. The Balaban J connectivity index is 2.11. The molecule has 0 saturated heterocycles. The molecule has 3 rings (SSSR count). The van der Waals surface area contributed by atoms with E-state index in [0.717, 1.165) is 12.1 Å². The zero-order chi connectivity index (χ0) is 13.5. The first kappa shape index (κ1) is 12.7. The standard InChI is InChI=1S/C17H23NO/c1-13-12-17(10-6-3-7-11-17)18(14(2)19)16-9-5-4-8-15(13)16/h4-5,8-9,13H,3,6-7,10-12H2,1-2H3/t13-/m0/s1. The Hall–Kier alpha value is -1.31. The highest BCUT2D eigenvalue weighted by molar-refractivity contribution is 5.94. The fourth-order valence-corrected chi connectivity index (χ4v) is 4.28. The molecule has 1 fully saturated rings. The second kappa shape index (κ2) is 4.66. The molecule has 0 bridgehead atoms. The van der Waals surface area contributed by atoms with Crippen molar-refractivity contribution in [2.45, 2.75) is 63.8 Å². The van der Waals surface area contributed by atoms with Crippen LogP contribution in [0.4, 0.5) is 5.69 Å². The zero-order valence-corrected chi connectivity index (χ0v) is 12.0. The van der Waals surface area contributed by atoms with Crippen molar-refractivity contribution in [1.29, 1.82) is 0 Å². The molecule has 1 atom stereocenters. The van der Waals surface area contributed by atoms with E-state index in [9.17, 15) is 4.79 Å². The van der Waals surface area contributed by atoms with Gasteiger partial charge in [0.25, 0.3) is 0 Å². The first-order valence-electron chi connectivity index (χ1n) is 7.54. The van der Waals surface area contributed by atoms with Crippen LogP contribution in [-0.2, 0) is 4.79 Å². The van der Waals surface area contributed by atoms with Crippen molar-refractivity contribution < 1.29 is 4.79 Å². The van der Waals surface area contributed by atoms with E-state index in [1.54, 1.807) is 6.92 Å². The molecule has 2 heteroatoms. The highest BCUT2D eigenvalue weighted by Crippen LogP contribution is 2.49. The number of hydrogen-bond acceptors (Lipinski definition) is 1. The second-order valence-electron chi connectivity index (χ2n) is 6.30. The molecule has 1 aromatic carbocycles. The summed E-state index contributed by atoms with van der Waals surface area (Å²) in [5.74, 6) is 0.770. The highest BCUT2D eigenvalue weighted by atomic mass is 16.2. The van der Waals surface area contributed by atoms with Gasteiger partial charge in [0, 0.05) is 18.2 Å². The van der Waals surface area contributed by atoms with Gasteiger partial charge in [-0.25, -0.2) is 0 Å². The third kappa shape index (κ3) is 1.98. The van der Waals surface area contributed by atoms with Crippen LogP contribution in [0.3, 0.4) is 0 Å². The predicted molar refractivity (Wildman–Crippen MR) is 78.5 cm³/mol. The number of benzene rings is 1. The molecule has 1 spiro atoms. The molecular weight excluding hydrogens is 234 g/mol. The predicted octanol–water partition coefficient (Wildman–Crippen LogP) is 4.25. The maximum absolute atomic E-state index is 12.3. The van der Waals surface area contributed by atoms with Gasteiger partial charge >= 0.3 is 0 Å². The second-order valence-corrected chi connectivity index (χ2v) is 6.30. The Morgan fingerprint density at radius 2 is 1.89 bits per heavy atom. The molecule has 2 aliphatic rings. The smallest absolute Gasteiger partial charge is 0.224 e. The van der Waals surface area contributed by atoms with E-state index < -0.39 is 0 Å². The van der Waals surface area contributed by atoms with Crippen molar-refractivity contribution in [2.24, 2.45) is 0 Å². The fourth-order valence-electron chi connectivity index (χ4n) is 4.28. The van der Waals surface area contributed by atoms with Gasteiger partial charge in [0.2, 0.25) is 5.91 Å². The van der Waals surface area contributed by atoms with Crippen molar-refractivity contribution >= 4 is 11.6 Å². The van der Waals surface area contributed by atoms with Crippen LogP contribution in [-0.4, -0.2) is 11.4 Å². The molecule has 1 aliphatic heterocycles. The van der Waals surface area contributed by atoms with E-state index in [0.29, 0.717) is 5.92 Å². The van der Waals surface area contributed by atoms with E-state index in [1.807, 2.05) is 0 Å². The maximum Gasteiger partial charge on any atom is 0.224 e. The number of amides is 1. The van der Waals surface area contributed by atoms with Gasteiger partial charge in [-0.2, -0.15) is 0 Å². The van der Waals surface area contributed by atoms with Gasteiger partial charge in [0.15, 0.2) is 0 Å². The molecule has 0 N–H and O–H groups in total. The Morgan fingerprint density at radius 3 is 2.58 bits per heavy atom. The molecular formula is C17H23NO. The molecule has 1 heterocycles. The quantitative estimate of drug-likeness (QED) is 0.680. The molecule has 1 saturated carbocycles. The van der Waals surface area contributed by atoms with Gasteiger partial charge in [-0.15, -0.1) is 0 Å². The molecule has 1 aliphatic carbocycles. The topological polar surface area (TPSA) is 20.3 Å². The van der Waals surface area contributed by atoms with Crippen molar-refractivity contribution in [3.63, 3.8) is 0 Å². The first-order valence-corrected chi connectivity index (χ1v) is 7.54. The minimum atomic E-state index is 0.0951. The van der Waals surface area contributed by atoms with Crippen molar-refractivity contribution in [3.05, 3.63) is 29.8 Å². The van der Waals surface area contributed by atoms with Crippen LogP contribution >= 0.6 is 0 Å². The minimum absolute atomic E-state index is 0.0951. The SMILES string of the molecule is CC(=O)N1c2ccccc2[C@@H](C)CC12CCCCC2. The van der Waals surface area contributed by atoms with Crippen LogP contribution in [0.5, 0.6) is 0 Å². The fraction of sp³-hybridized carbons (Fsp3) is 0.588. The molecule has 102 valence electrons. The van der Waals surface area contributed by atoms with Crippen LogP contribution in [0.25, 0.3) is 0 Å². The first-order chi connectivity index (χ1) is 9.14. The number of carbonyl (C=O) groups is 1. The van der Waals surface area contributed by atoms with Gasteiger partial charge < -0.3 is 4.90 Å². The Morgan fingerprint density at radius 1 is 1.21 bits per heavy atom. The summed E-state index contributed by atoms with van der Waals surface area (Å²) in [5.41, 5.74) is 2.60. The lowest BCUT2D eigenvalue weighted by Gasteiger charge is -2.51. The lowest BCUT2D eigenvalue weighted by atomic mass is 9.70. The largest absolute Gasteiger partial charge is 0.306 e. The number of nitrogens with zero attached hydrogens (tertiary/aromatic N) is 1. The normalized spacial score (nSPS) is 25.2. The molecule has 0 unspecified atom stereocenters. The monoisotopic (exact) mass is 257 g/mol. The van der Waals surface area contributed by atoms with Crippen molar-refractivity contribution in [1.82, 2.24) is 0 Å². The summed E-state index contributed by atoms with van der Waals surface area (Å²) < 4.78 is 0. The summed E-state index contributed by atoms with van der Waals surface area (Å²) in [4.78, 5) is 14.4.